The molecular formula is C21H35NO10. The van der Waals surface area contributed by atoms with E-state index in [1.54, 1.807) is 6.92 Å². The van der Waals surface area contributed by atoms with Gasteiger partial charge in [0.1, 0.15) is 12.7 Å². The number of carbonyl (C=O) groups is 3. The lowest BCUT2D eigenvalue weighted by molar-refractivity contribution is -0.286. The number of carbonyl (C=O) groups excluding carboxylic acids is 3. The molecule has 11 nitrogen and oxygen atoms in total. The van der Waals surface area contributed by atoms with Crippen molar-refractivity contribution < 1.29 is 47.5 Å². The van der Waals surface area contributed by atoms with Gasteiger partial charge in [-0.05, 0) is 6.92 Å². The quantitative estimate of drug-likeness (QED) is 0.166. The van der Waals surface area contributed by atoms with Crippen molar-refractivity contribution in [3.8, 4) is 0 Å². The summed E-state index contributed by atoms with van der Waals surface area (Å²) < 4.78 is 38.4. The van der Waals surface area contributed by atoms with Crippen LogP contribution in [0.2, 0.25) is 0 Å². The Kier molecular flexibility index (Phi) is 13.0. The Morgan fingerprint density at radius 2 is 1.41 bits per heavy atom. The number of nitrogens with two attached hydrogens (primary N) is 1. The molecule has 2 N–H and O–H groups in total. The van der Waals surface area contributed by atoms with E-state index in [1.165, 1.54) is 20.8 Å². The van der Waals surface area contributed by atoms with E-state index in [9.17, 15) is 14.4 Å². The first-order valence-corrected chi connectivity index (χ1v) is 10.4. The van der Waals surface area contributed by atoms with Crippen LogP contribution >= 0.6 is 0 Å². The molecule has 11 heteroatoms. The number of rotatable bonds is 14. The highest BCUT2D eigenvalue weighted by molar-refractivity contribution is 5.68. The Morgan fingerprint density at radius 1 is 0.844 bits per heavy atom. The van der Waals surface area contributed by atoms with Gasteiger partial charge in [-0.1, -0.05) is 12.2 Å². The summed E-state index contributed by atoms with van der Waals surface area (Å²) in [7, 11) is 0. The summed E-state index contributed by atoms with van der Waals surface area (Å²) in [6, 6.07) is 0. The number of ether oxygens (including phenoxy) is 7. The highest BCUT2D eigenvalue weighted by Gasteiger charge is 2.51. The first kappa shape index (κ1) is 28.0. The van der Waals surface area contributed by atoms with Crippen molar-refractivity contribution in [2.75, 3.05) is 46.2 Å². The summed E-state index contributed by atoms with van der Waals surface area (Å²) in [6.07, 6.45) is -3.79. The van der Waals surface area contributed by atoms with Crippen LogP contribution in [0.5, 0.6) is 0 Å². The van der Waals surface area contributed by atoms with Gasteiger partial charge in [-0.15, -0.1) is 0 Å². The van der Waals surface area contributed by atoms with Crippen LogP contribution in [0.25, 0.3) is 0 Å². The highest BCUT2D eigenvalue weighted by atomic mass is 16.7. The molecule has 1 heterocycles. The van der Waals surface area contributed by atoms with Crippen LogP contribution in [-0.4, -0.2) is 88.7 Å². The van der Waals surface area contributed by atoms with Crippen LogP contribution in [0.4, 0.5) is 0 Å². The molecule has 0 bridgehead atoms. The molecule has 32 heavy (non-hydrogen) atoms. The number of esters is 3. The standard InChI is InChI=1S/C21H35NO10/c1-13(2)18-20(31-16(5)25)19(30-15(4)24)17(12-29-14(3)23)32-21(18)28-11-10-27-9-8-26-7-6-22/h17-21H,1,6-12,22H2,2-5H3/t17?,18?,19-,20?,21+/m0/s1. The van der Waals surface area contributed by atoms with Gasteiger partial charge in [-0.2, -0.15) is 0 Å². The zero-order chi connectivity index (χ0) is 24.1. The molecule has 184 valence electrons. The summed E-state index contributed by atoms with van der Waals surface area (Å²) in [5.41, 5.74) is 5.94. The van der Waals surface area contributed by atoms with Crippen molar-refractivity contribution in [2.24, 2.45) is 11.7 Å². The molecule has 3 unspecified atom stereocenters. The smallest absolute Gasteiger partial charge is 0.303 e. The first-order chi connectivity index (χ1) is 15.2. The third-order valence-electron chi connectivity index (χ3n) is 4.41. The molecule has 1 saturated heterocycles. The maximum atomic E-state index is 11.8. The summed E-state index contributed by atoms with van der Waals surface area (Å²) in [6.45, 7) is 11.3. The molecular weight excluding hydrogens is 426 g/mol. The van der Waals surface area contributed by atoms with Crippen LogP contribution in [-0.2, 0) is 47.5 Å². The minimum Gasteiger partial charge on any atom is -0.463 e. The molecule has 0 spiro atoms. The predicted molar refractivity (Wildman–Crippen MR) is 111 cm³/mol. The molecule has 5 atom stereocenters. The van der Waals surface area contributed by atoms with Crippen LogP contribution in [0.1, 0.15) is 27.7 Å². The SMILES string of the molecule is C=C(C)C1C(OC(C)=O)[C@@H](OC(C)=O)C(COC(C)=O)O[C@H]1OCCOCCOCCN. The Balaban J connectivity index is 2.91. The molecule has 0 radical (unpaired) electrons. The monoisotopic (exact) mass is 461 g/mol. The molecule has 1 fully saturated rings. The third-order valence-corrected chi connectivity index (χ3v) is 4.41. The lowest BCUT2D eigenvalue weighted by atomic mass is 9.86. The van der Waals surface area contributed by atoms with E-state index in [0.29, 0.717) is 31.9 Å². The second-order valence-corrected chi connectivity index (χ2v) is 7.25. The van der Waals surface area contributed by atoms with Crippen LogP contribution in [0.15, 0.2) is 12.2 Å². The van der Waals surface area contributed by atoms with E-state index in [0.717, 1.165) is 0 Å². The van der Waals surface area contributed by atoms with Gasteiger partial charge < -0.3 is 38.9 Å². The zero-order valence-corrected chi connectivity index (χ0v) is 19.2. The fourth-order valence-electron chi connectivity index (χ4n) is 3.19. The number of hydrogen-bond acceptors (Lipinski definition) is 11. The van der Waals surface area contributed by atoms with Gasteiger partial charge in [0.05, 0.1) is 39.0 Å². The largest absolute Gasteiger partial charge is 0.463 e. The van der Waals surface area contributed by atoms with E-state index in [-0.39, 0.29) is 19.8 Å². The van der Waals surface area contributed by atoms with Gasteiger partial charge in [-0.3, -0.25) is 14.4 Å². The zero-order valence-electron chi connectivity index (χ0n) is 19.2. The van der Waals surface area contributed by atoms with E-state index in [2.05, 4.69) is 6.58 Å². The van der Waals surface area contributed by atoms with Gasteiger partial charge >= 0.3 is 17.9 Å². The second kappa shape index (κ2) is 14.9. The van der Waals surface area contributed by atoms with E-state index >= 15 is 0 Å². The molecule has 1 aliphatic rings. The van der Waals surface area contributed by atoms with Gasteiger partial charge in [-0.25, -0.2) is 0 Å². The molecule has 1 aliphatic heterocycles. The topological polar surface area (TPSA) is 142 Å². The summed E-state index contributed by atoms with van der Waals surface area (Å²) in [5, 5.41) is 0. The third kappa shape index (κ3) is 10.0. The summed E-state index contributed by atoms with van der Waals surface area (Å²) >= 11 is 0. The van der Waals surface area contributed by atoms with Gasteiger partial charge in [0.2, 0.25) is 0 Å². The highest BCUT2D eigenvalue weighted by Crippen LogP contribution is 2.35. The lowest BCUT2D eigenvalue weighted by Crippen LogP contribution is -2.59. The van der Waals surface area contributed by atoms with Gasteiger partial charge in [0.25, 0.3) is 0 Å². The van der Waals surface area contributed by atoms with Crippen molar-refractivity contribution in [3.05, 3.63) is 12.2 Å². The Labute approximate surface area is 188 Å². The lowest BCUT2D eigenvalue weighted by Gasteiger charge is -2.45. The van der Waals surface area contributed by atoms with Crippen LogP contribution in [0, 0.1) is 5.92 Å². The van der Waals surface area contributed by atoms with E-state index in [1.807, 2.05) is 0 Å². The van der Waals surface area contributed by atoms with Gasteiger partial charge in [0.15, 0.2) is 18.5 Å². The van der Waals surface area contributed by atoms with E-state index in [4.69, 9.17) is 38.9 Å². The van der Waals surface area contributed by atoms with Crippen molar-refractivity contribution in [1.82, 2.24) is 0 Å². The van der Waals surface area contributed by atoms with E-state index < -0.39 is 48.4 Å². The normalized spacial score (nSPS) is 25.1. The second-order valence-electron chi connectivity index (χ2n) is 7.25. The average Bonchev–Trinajstić information content (AvgIpc) is 2.69. The Hall–Kier alpha value is -2.05. The minimum atomic E-state index is -1.02. The molecule has 0 aromatic rings. The molecule has 0 aliphatic carbocycles. The minimum absolute atomic E-state index is 0.163. The van der Waals surface area contributed by atoms with Gasteiger partial charge in [0, 0.05) is 27.3 Å². The van der Waals surface area contributed by atoms with Crippen molar-refractivity contribution >= 4 is 17.9 Å². The Morgan fingerprint density at radius 3 is 1.94 bits per heavy atom. The molecule has 0 saturated carbocycles. The van der Waals surface area contributed by atoms with Crippen molar-refractivity contribution in [3.63, 3.8) is 0 Å². The fourth-order valence-corrected chi connectivity index (χ4v) is 3.19. The maximum absolute atomic E-state index is 11.8. The first-order valence-electron chi connectivity index (χ1n) is 10.4. The fraction of sp³-hybridized carbons (Fsp3) is 0.762. The summed E-state index contributed by atoms with van der Waals surface area (Å²) in [4.78, 5) is 34.8. The summed E-state index contributed by atoms with van der Waals surface area (Å²) in [5.74, 6) is -2.35. The number of hydrogen-bond donors (Lipinski definition) is 1. The average molecular weight is 462 g/mol. The molecule has 0 amide bonds. The van der Waals surface area contributed by atoms with Crippen molar-refractivity contribution in [1.29, 1.82) is 0 Å². The van der Waals surface area contributed by atoms with Crippen LogP contribution < -0.4 is 5.73 Å². The van der Waals surface area contributed by atoms with Crippen LogP contribution in [0.3, 0.4) is 0 Å². The Bertz CT molecular complexity index is 626. The predicted octanol–water partition coefficient (Wildman–Crippen LogP) is 0.339. The molecule has 0 aromatic carbocycles. The maximum Gasteiger partial charge on any atom is 0.303 e. The van der Waals surface area contributed by atoms with Crippen molar-refractivity contribution in [2.45, 2.75) is 52.3 Å². The molecule has 0 aromatic heterocycles. The molecule has 1 rings (SSSR count).